The Balaban J connectivity index is 1.19. The minimum atomic E-state index is 0.197. The van der Waals surface area contributed by atoms with Crippen LogP contribution in [-0.4, -0.2) is 68.1 Å². The second-order valence-electron chi connectivity index (χ2n) is 8.92. The fourth-order valence-electron chi connectivity index (χ4n) is 4.98. The van der Waals surface area contributed by atoms with Crippen LogP contribution in [0, 0.1) is 5.92 Å². The fourth-order valence-corrected chi connectivity index (χ4v) is 4.98. The summed E-state index contributed by atoms with van der Waals surface area (Å²) in [6, 6.07) is 18.9. The Bertz CT molecular complexity index is 841. The van der Waals surface area contributed by atoms with Crippen molar-refractivity contribution in [3.63, 3.8) is 0 Å². The normalized spacial score (nSPS) is 18.0. The van der Waals surface area contributed by atoms with E-state index in [1.54, 1.807) is 0 Å². The summed E-state index contributed by atoms with van der Waals surface area (Å²) in [5.41, 5.74) is 2.56. The van der Waals surface area contributed by atoms with Gasteiger partial charge in [-0.1, -0.05) is 42.5 Å². The van der Waals surface area contributed by atoms with E-state index < -0.39 is 0 Å². The molecule has 2 heterocycles. The number of hydrogen-bond donors (Lipinski definition) is 0. The number of rotatable bonds is 8. The molecule has 0 saturated carbocycles. The maximum absolute atomic E-state index is 13.1. The molecule has 32 heavy (non-hydrogen) atoms. The van der Waals surface area contributed by atoms with Crippen LogP contribution < -0.4 is 9.64 Å². The standard InChI is InChI=1S/C27H37N3O2/c1-2-32-26-13-7-6-12-25(26)29-19-21-30(22-20-29)27(31)24-14-17-28(18-15-24)16-8-11-23-9-4-3-5-10-23/h3-7,9-10,12-13,24H,2,8,11,14-22H2,1H3. The first kappa shape index (κ1) is 22.7. The first-order valence-corrected chi connectivity index (χ1v) is 12.3. The Morgan fingerprint density at radius 2 is 1.59 bits per heavy atom. The molecule has 0 spiro atoms. The summed E-state index contributed by atoms with van der Waals surface area (Å²) < 4.78 is 5.80. The third-order valence-corrected chi connectivity index (χ3v) is 6.82. The van der Waals surface area contributed by atoms with Gasteiger partial charge in [0.05, 0.1) is 12.3 Å². The molecule has 1 amide bonds. The monoisotopic (exact) mass is 435 g/mol. The molecular weight excluding hydrogens is 398 g/mol. The van der Waals surface area contributed by atoms with Crippen molar-refractivity contribution in [2.75, 3.05) is 57.3 Å². The molecule has 0 N–H and O–H groups in total. The lowest BCUT2D eigenvalue weighted by Crippen LogP contribution is -2.51. The Hall–Kier alpha value is -2.53. The van der Waals surface area contributed by atoms with E-state index in [-0.39, 0.29) is 5.92 Å². The highest BCUT2D eigenvalue weighted by molar-refractivity contribution is 5.79. The van der Waals surface area contributed by atoms with E-state index in [9.17, 15) is 4.79 Å². The SMILES string of the molecule is CCOc1ccccc1N1CCN(C(=O)C2CCN(CCCc3ccccc3)CC2)CC1. The largest absolute Gasteiger partial charge is 0.492 e. The number of carbonyl (C=O) groups excluding carboxylic acids is 1. The molecule has 2 saturated heterocycles. The number of piperidine rings is 1. The van der Waals surface area contributed by atoms with Crippen molar-refractivity contribution < 1.29 is 9.53 Å². The molecule has 2 aliphatic heterocycles. The zero-order valence-corrected chi connectivity index (χ0v) is 19.4. The zero-order valence-electron chi connectivity index (χ0n) is 19.4. The van der Waals surface area contributed by atoms with Crippen LogP contribution in [0.2, 0.25) is 0 Å². The number of amides is 1. The quantitative estimate of drug-likeness (QED) is 0.626. The number of anilines is 1. The number of benzene rings is 2. The fraction of sp³-hybridized carbons (Fsp3) is 0.519. The summed E-state index contributed by atoms with van der Waals surface area (Å²) in [6.07, 6.45) is 4.32. The molecule has 0 bridgehead atoms. The number of hydrogen-bond acceptors (Lipinski definition) is 4. The number of para-hydroxylation sites is 2. The van der Waals surface area contributed by atoms with Crippen molar-refractivity contribution in [3.8, 4) is 5.75 Å². The Kier molecular flexibility index (Phi) is 8.05. The van der Waals surface area contributed by atoms with E-state index in [0.29, 0.717) is 12.5 Å². The number of piperazine rings is 1. The molecule has 5 heteroatoms. The Morgan fingerprint density at radius 1 is 0.906 bits per heavy atom. The Labute approximate surface area is 193 Å². The van der Waals surface area contributed by atoms with Crippen LogP contribution in [0.15, 0.2) is 54.6 Å². The molecule has 0 aromatic heterocycles. The third kappa shape index (κ3) is 5.83. The molecular formula is C27H37N3O2. The summed E-state index contributed by atoms with van der Waals surface area (Å²) >= 11 is 0. The predicted molar refractivity (Wildman–Crippen MR) is 130 cm³/mol. The second kappa shape index (κ2) is 11.4. The van der Waals surface area contributed by atoms with Crippen LogP contribution in [-0.2, 0) is 11.2 Å². The van der Waals surface area contributed by atoms with Gasteiger partial charge in [0.1, 0.15) is 5.75 Å². The zero-order chi connectivity index (χ0) is 22.2. The summed E-state index contributed by atoms with van der Waals surface area (Å²) in [7, 11) is 0. The number of ether oxygens (including phenoxy) is 1. The van der Waals surface area contributed by atoms with Gasteiger partial charge in [0.15, 0.2) is 0 Å². The van der Waals surface area contributed by atoms with Gasteiger partial charge in [-0.3, -0.25) is 4.79 Å². The number of carbonyl (C=O) groups is 1. The topological polar surface area (TPSA) is 36.0 Å². The minimum Gasteiger partial charge on any atom is -0.492 e. The number of aryl methyl sites for hydroxylation is 1. The van der Waals surface area contributed by atoms with Crippen LogP contribution in [0.4, 0.5) is 5.69 Å². The molecule has 0 aliphatic carbocycles. The molecule has 0 unspecified atom stereocenters. The van der Waals surface area contributed by atoms with E-state index in [2.05, 4.69) is 57.2 Å². The highest BCUT2D eigenvalue weighted by atomic mass is 16.5. The van der Waals surface area contributed by atoms with E-state index in [0.717, 1.165) is 76.5 Å². The van der Waals surface area contributed by atoms with Crippen LogP contribution in [0.3, 0.4) is 0 Å². The number of likely N-dealkylation sites (tertiary alicyclic amines) is 1. The summed E-state index contributed by atoms with van der Waals surface area (Å²) in [4.78, 5) is 20.1. The maximum Gasteiger partial charge on any atom is 0.225 e. The van der Waals surface area contributed by atoms with Gasteiger partial charge in [0, 0.05) is 32.1 Å². The average molecular weight is 436 g/mol. The van der Waals surface area contributed by atoms with Gasteiger partial charge in [-0.15, -0.1) is 0 Å². The molecule has 4 rings (SSSR count). The van der Waals surface area contributed by atoms with Gasteiger partial charge in [-0.2, -0.15) is 0 Å². The van der Waals surface area contributed by atoms with Gasteiger partial charge in [-0.05, 0) is 69.9 Å². The molecule has 0 atom stereocenters. The maximum atomic E-state index is 13.1. The smallest absolute Gasteiger partial charge is 0.225 e. The summed E-state index contributed by atoms with van der Waals surface area (Å²) in [5, 5.41) is 0. The van der Waals surface area contributed by atoms with Gasteiger partial charge in [-0.25, -0.2) is 0 Å². The van der Waals surface area contributed by atoms with E-state index in [1.807, 2.05) is 19.1 Å². The van der Waals surface area contributed by atoms with Crippen molar-refractivity contribution >= 4 is 11.6 Å². The van der Waals surface area contributed by atoms with Crippen molar-refractivity contribution in [3.05, 3.63) is 60.2 Å². The van der Waals surface area contributed by atoms with Crippen LogP contribution >= 0.6 is 0 Å². The first-order valence-electron chi connectivity index (χ1n) is 12.3. The van der Waals surface area contributed by atoms with Gasteiger partial charge < -0.3 is 19.4 Å². The van der Waals surface area contributed by atoms with E-state index in [1.165, 1.54) is 12.0 Å². The third-order valence-electron chi connectivity index (χ3n) is 6.82. The summed E-state index contributed by atoms with van der Waals surface area (Å²) in [5.74, 6) is 1.50. The molecule has 2 aromatic rings. The van der Waals surface area contributed by atoms with Gasteiger partial charge in [0.25, 0.3) is 0 Å². The molecule has 2 fully saturated rings. The minimum absolute atomic E-state index is 0.197. The highest BCUT2D eigenvalue weighted by Crippen LogP contribution is 2.29. The van der Waals surface area contributed by atoms with Crippen molar-refractivity contribution in [1.82, 2.24) is 9.80 Å². The average Bonchev–Trinajstić information content (AvgIpc) is 2.85. The second-order valence-corrected chi connectivity index (χ2v) is 8.92. The molecule has 2 aliphatic rings. The van der Waals surface area contributed by atoms with Crippen LogP contribution in [0.1, 0.15) is 31.7 Å². The van der Waals surface area contributed by atoms with Gasteiger partial charge >= 0.3 is 0 Å². The number of nitrogens with zero attached hydrogens (tertiary/aromatic N) is 3. The lowest BCUT2D eigenvalue weighted by molar-refractivity contribution is -0.137. The Morgan fingerprint density at radius 3 is 2.31 bits per heavy atom. The first-order chi connectivity index (χ1) is 15.7. The van der Waals surface area contributed by atoms with E-state index >= 15 is 0 Å². The van der Waals surface area contributed by atoms with Crippen molar-refractivity contribution in [1.29, 1.82) is 0 Å². The highest BCUT2D eigenvalue weighted by Gasteiger charge is 2.30. The molecule has 2 aromatic carbocycles. The van der Waals surface area contributed by atoms with Gasteiger partial charge in [0.2, 0.25) is 5.91 Å². The van der Waals surface area contributed by atoms with Crippen LogP contribution in [0.5, 0.6) is 5.75 Å². The predicted octanol–water partition coefficient (Wildman–Crippen LogP) is 4.08. The van der Waals surface area contributed by atoms with Crippen LogP contribution in [0.25, 0.3) is 0 Å². The summed E-state index contributed by atoms with van der Waals surface area (Å²) in [6.45, 7) is 9.26. The van der Waals surface area contributed by atoms with Crippen molar-refractivity contribution in [2.45, 2.75) is 32.6 Å². The molecule has 0 radical (unpaired) electrons. The van der Waals surface area contributed by atoms with Crippen molar-refractivity contribution in [2.24, 2.45) is 5.92 Å². The lowest BCUT2D eigenvalue weighted by atomic mass is 9.94. The molecule has 172 valence electrons. The molecule has 5 nitrogen and oxygen atoms in total. The lowest BCUT2D eigenvalue weighted by Gasteiger charge is -2.39. The van der Waals surface area contributed by atoms with E-state index in [4.69, 9.17) is 4.74 Å².